The largest absolute Gasteiger partial charge is 0.340 e. The third kappa shape index (κ3) is 2.28. The van der Waals surface area contributed by atoms with E-state index in [4.69, 9.17) is 0 Å². The molecule has 1 unspecified atom stereocenters. The first kappa shape index (κ1) is 14.5. The minimum absolute atomic E-state index is 0.162. The van der Waals surface area contributed by atoms with Gasteiger partial charge in [0.15, 0.2) is 0 Å². The second-order valence-electron chi connectivity index (χ2n) is 5.67. The van der Waals surface area contributed by atoms with Crippen molar-refractivity contribution in [3.05, 3.63) is 29.6 Å². The fraction of sp³-hybridized carbons (Fsp3) is 0.467. The average molecular weight is 278 g/mol. The molecular formula is C15H19FN2O2. The van der Waals surface area contributed by atoms with Crippen molar-refractivity contribution in [3.63, 3.8) is 0 Å². The Bertz CT molecular complexity index is 569. The molecule has 5 heteroatoms. The number of benzene rings is 1. The van der Waals surface area contributed by atoms with Crippen molar-refractivity contribution in [2.75, 3.05) is 4.90 Å². The molecule has 2 rings (SSSR count). The molecule has 1 atom stereocenters. The van der Waals surface area contributed by atoms with Crippen molar-refractivity contribution >= 4 is 17.5 Å². The van der Waals surface area contributed by atoms with E-state index in [1.807, 2.05) is 0 Å². The zero-order valence-corrected chi connectivity index (χ0v) is 12.2. The number of anilines is 1. The Kier molecular flexibility index (Phi) is 3.54. The topological polar surface area (TPSA) is 49.4 Å². The fourth-order valence-electron chi connectivity index (χ4n) is 2.46. The van der Waals surface area contributed by atoms with Gasteiger partial charge in [0.05, 0.1) is 5.69 Å². The molecule has 1 fully saturated rings. The summed E-state index contributed by atoms with van der Waals surface area (Å²) in [5.74, 6) is -1.04. The van der Waals surface area contributed by atoms with Crippen LogP contribution < -0.4 is 10.2 Å². The molecule has 0 aliphatic carbocycles. The number of carbonyl (C=O) groups excluding carboxylic acids is 2. The van der Waals surface area contributed by atoms with E-state index >= 15 is 0 Å². The Labute approximate surface area is 118 Å². The van der Waals surface area contributed by atoms with Crippen LogP contribution in [-0.2, 0) is 9.59 Å². The van der Waals surface area contributed by atoms with Crippen LogP contribution in [0.25, 0.3) is 0 Å². The van der Waals surface area contributed by atoms with Crippen LogP contribution in [0.1, 0.15) is 32.8 Å². The number of aryl methyl sites for hydroxylation is 1. The van der Waals surface area contributed by atoms with Crippen molar-refractivity contribution in [3.8, 4) is 0 Å². The molecule has 0 saturated carbocycles. The number of nitrogens with zero attached hydrogens (tertiary/aromatic N) is 1. The SMILES string of the molecule is CCC1C(=O)NC(C)(C)C(=O)N1c1ccc(C)cc1F. The van der Waals surface area contributed by atoms with Crippen LogP contribution >= 0.6 is 0 Å². The summed E-state index contributed by atoms with van der Waals surface area (Å²) in [5, 5.41) is 2.68. The molecule has 0 spiro atoms. The number of hydrogen-bond acceptors (Lipinski definition) is 2. The Morgan fingerprint density at radius 1 is 1.35 bits per heavy atom. The van der Waals surface area contributed by atoms with Gasteiger partial charge in [0.25, 0.3) is 5.91 Å². The maximum atomic E-state index is 14.2. The van der Waals surface area contributed by atoms with Crippen molar-refractivity contribution < 1.29 is 14.0 Å². The predicted molar refractivity (Wildman–Crippen MR) is 74.9 cm³/mol. The molecule has 4 nitrogen and oxygen atoms in total. The summed E-state index contributed by atoms with van der Waals surface area (Å²) in [4.78, 5) is 26.0. The molecule has 1 N–H and O–H groups in total. The number of carbonyl (C=O) groups is 2. The lowest BCUT2D eigenvalue weighted by Crippen LogP contribution is -2.68. The third-order valence-electron chi connectivity index (χ3n) is 3.55. The number of nitrogens with one attached hydrogen (secondary N) is 1. The van der Waals surface area contributed by atoms with Gasteiger partial charge in [-0.1, -0.05) is 13.0 Å². The third-order valence-corrected chi connectivity index (χ3v) is 3.55. The predicted octanol–water partition coefficient (Wildman–Crippen LogP) is 2.15. The van der Waals surface area contributed by atoms with E-state index in [1.165, 1.54) is 11.0 Å². The minimum Gasteiger partial charge on any atom is -0.340 e. The van der Waals surface area contributed by atoms with E-state index in [2.05, 4.69) is 5.32 Å². The second-order valence-corrected chi connectivity index (χ2v) is 5.67. The number of hydrogen-bond donors (Lipinski definition) is 1. The lowest BCUT2D eigenvalue weighted by Gasteiger charge is -2.42. The average Bonchev–Trinajstić information content (AvgIpc) is 2.34. The molecule has 0 radical (unpaired) electrons. The van der Waals surface area contributed by atoms with Crippen LogP contribution in [0.4, 0.5) is 10.1 Å². The Morgan fingerprint density at radius 3 is 2.55 bits per heavy atom. The molecule has 0 aromatic heterocycles. The van der Waals surface area contributed by atoms with Gasteiger partial charge in [0.2, 0.25) is 5.91 Å². The van der Waals surface area contributed by atoms with Gasteiger partial charge < -0.3 is 5.32 Å². The summed E-state index contributed by atoms with van der Waals surface area (Å²) in [7, 11) is 0. The quantitative estimate of drug-likeness (QED) is 0.901. The summed E-state index contributed by atoms with van der Waals surface area (Å²) in [5.41, 5.74) is -0.0945. The fourth-order valence-corrected chi connectivity index (χ4v) is 2.46. The van der Waals surface area contributed by atoms with Crippen molar-refractivity contribution in [1.82, 2.24) is 5.32 Å². The smallest absolute Gasteiger partial charge is 0.252 e. The highest BCUT2D eigenvalue weighted by molar-refractivity contribution is 6.10. The standard InChI is InChI=1S/C15H19FN2O2/c1-5-11-13(19)17-15(3,4)14(20)18(11)12-7-6-9(2)8-10(12)16/h6-8,11H,5H2,1-4H3,(H,17,19). The van der Waals surface area contributed by atoms with Crippen LogP contribution in [0, 0.1) is 12.7 Å². The van der Waals surface area contributed by atoms with Gasteiger partial charge >= 0.3 is 0 Å². The monoisotopic (exact) mass is 278 g/mol. The van der Waals surface area contributed by atoms with Crippen LogP contribution in [0.15, 0.2) is 18.2 Å². The van der Waals surface area contributed by atoms with Crippen LogP contribution in [0.5, 0.6) is 0 Å². The van der Waals surface area contributed by atoms with Crippen LogP contribution in [0.3, 0.4) is 0 Å². The summed E-state index contributed by atoms with van der Waals surface area (Å²) in [6.07, 6.45) is 0.432. The lowest BCUT2D eigenvalue weighted by atomic mass is 9.95. The van der Waals surface area contributed by atoms with Gasteiger partial charge in [-0.15, -0.1) is 0 Å². The number of piperazine rings is 1. The summed E-state index contributed by atoms with van der Waals surface area (Å²) < 4.78 is 14.2. The van der Waals surface area contributed by atoms with Gasteiger partial charge in [-0.25, -0.2) is 4.39 Å². The normalized spacial score (nSPS) is 21.9. The van der Waals surface area contributed by atoms with E-state index in [0.717, 1.165) is 5.56 Å². The molecule has 0 bridgehead atoms. The first-order valence-electron chi connectivity index (χ1n) is 6.69. The first-order chi connectivity index (χ1) is 9.27. The molecular weight excluding hydrogens is 259 g/mol. The van der Waals surface area contributed by atoms with Gasteiger partial charge in [0.1, 0.15) is 17.4 Å². The maximum absolute atomic E-state index is 14.2. The van der Waals surface area contributed by atoms with E-state index < -0.39 is 17.4 Å². The van der Waals surface area contributed by atoms with E-state index in [1.54, 1.807) is 39.8 Å². The molecule has 1 saturated heterocycles. The van der Waals surface area contributed by atoms with Gasteiger partial charge in [-0.2, -0.15) is 0 Å². The van der Waals surface area contributed by atoms with Crippen molar-refractivity contribution in [1.29, 1.82) is 0 Å². The van der Waals surface area contributed by atoms with Gasteiger partial charge in [-0.3, -0.25) is 14.5 Å². The first-order valence-corrected chi connectivity index (χ1v) is 6.69. The molecule has 1 aromatic rings. The molecule has 2 amide bonds. The minimum atomic E-state index is -1.03. The van der Waals surface area contributed by atoms with Crippen molar-refractivity contribution in [2.24, 2.45) is 0 Å². The number of amides is 2. The molecule has 108 valence electrons. The van der Waals surface area contributed by atoms with E-state index in [9.17, 15) is 14.0 Å². The van der Waals surface area contributed by atoms with Crippen LogP contribution in [0.2, 0.25) is 0 Å². The molecule has 1 aromatic carbocycles. The number of halogens is 1. The molecule has 1 heterocycles. The van der Waals surface area contributed by atoms with Crippen molar-refractivity contribution in [2.45, 2.75) is 45.7 Å². The summed E-state index contributed by atoms with van der Waals surface area (Å²) >= 11 is 0. The van der Waals surface area contributed by atoms with E-state index in [0.29, 0.717) is 6.42 Å². The number of rotatable bonds is 2. The Balaban J connectivity index is 2.54. The summed E-state index contributed by atoms with van der Waals surface area (Å²) in [6.45, 7) is 6.82. The zero-order chi connectivity index (χ0) is 15.1. The summed E-state index contributed by atoms with van der Waals surface area (Å²) in [6, 6.07) is 3.99. The molecule has 1 aliphatic rings. The van der Waals surface area contributed by atoms with Crippen LogP contribution in [-0.4, -0.2) is 23.4 Å². The molecule has 20 heavy (non-hydrogen) atoms. The maximum Gasteiger partial charge on any atom is 0.252 e. The lowest BCUT2D eigenvalue weighted by molar-refractivity contribution is -0.137. The Hall–Kier alpha value is -1.91. The van der Waals surface area contributed by atoms with Gasteiger partial charge in [-0.05, 0) is 44.9 Å². The highest BCUT2D eigenvalue weighted by atomic mass is 19.1. The second kappa shape index (κ2) is 4.89. The van der Waals surface area contributed by atoms with E-state index in [-0.39, 0.29) is 17.5 Å². The zero-order valence-electron chi connectivity index (χ0n) is 12.2. The highest BCUT2D eigenvalue weighted by Gasteiger charge is 2.45. The molecule has 1 aliphatic heterocycles. The Morgan fingerprint density at radius 2 is 2.00 bits per heavy atom. The highest BCUT2D eigenvalue weighted by Crippen LogP contribution is 2.29. The van der Waals surface area contributed by atoms with Gasteiger partial charge in [0, 0.05) is 0 Å².